The molecule has 3 rings (SSSR count). The van der Waals surface area contributed by atoms with E-state index in [1.165, 1.54) is 10.4 Å². The fourth-order valence-corrected chi connectivity index (χ4v) is 13.4. The van der Waals surface area contributed by atoms with Crippen LogP contribution in [0.15, 0.2) is 103 Å². The second kappa shape index (κ2) is 15.7. The Labute approximate surface area is 256 Å². The SMILES string of the molecule is CC[Si](CC)(CC)O[C@](C=O)(/C=C/COCc1ccccc1)CCO[Si](c1ccccc1)(c1ccccc1)C(C)(C)C. The molecule has 0 saturated heterocycles. The summed E-state index contributed by atoms with van der Waals surface area (Å²) in [7, 11) is -4.86. The summed E-state index contributed by atoms with van der Waals surface area (Å²) in [6.07, 6.45) is 5.33. The van der Waals surface area contributed by atoms with Crippen molar-refractivity contribution in [3.63, 3.8) is 0 Å². The highest BCUT2D eigenvalue weighted by Gasteiger charge is 2.50. The number of carbonyl (C=O) groups excluding carboxylic acids is 1. The maximum Gasteiger partial charge on any atom is 0.261 e. The minimum Gasteiger partial charge on any atom is -0.407 e. The molecule has 0 amide bonds. The number of ether oxygens (including phenoxy) is 1. The van der Waals surface area contributed by atoms with Gasteiger partial charge in [-0.2, -0.15) is 0 Å². The van der Waals surface area contributed by atoms with Crippen molar-refractivity contribution in [3.05, 3.63) is 109 Å². The molecule has 0 aliphatic heterocycles. The minimum atomic E-state index is -2.74. The molecule has 0 heterocycles. The van der Waals surface area contributed by atoms with Crippen LogP contribution in [0.25, 0.3) is 0 Å². The summed E-state index contributed by atoms with van der Waals surface area (Å²) in [4.78, 5) is 13.0. The van der Waals surface area contributed by atoms with Crippen LogP contribution < -0.4 is 10.4 Å². The van der Waals surface area contributed by atoms with E-state index < -0.39 is 22.2 Å². The van der Waals surface area contributed by atoms with Crippen molar-refractivity contribution in [2.45, 2.75) is 83.3 Å². The zero-order valence-electron chi connectivity index (χ0n) is 26.5. The number of rotatable bonds is 17. The monoisotopic (exact) mass is 602 g/mol. The lowest BCUT2D eigenvalue weighted by atomic mass is 10.0. The van der Waals surface area contributed by atoms with Crippen LogP contribution in [0.4, 0.5) is 0 Å². The first-order chi connectivity index (χ1) is 20.2. The van der Waals surface area contributed by atoms with Gasteiger partial charge in [0.15, 0.2) is 14.6 Å². The summed E-state index contributed by atoms with van der Waals surface area (Å²) in [6.45, 7) is 14.7. The maximum absolute atomic E-state index is 13.0. The predicted octanol–water partition coefficient (Wildman–Crippen LogP) is 7.69. The van der Waals surface area contributed by atoms with Gasteiger partial charge in [-0.25, -0.2) is 0 Å². The van der Waals surface area contributed by atoms with E-state index in [1.54, 1.807) is 0 Å². The number of benzene rings is 3. The Bertz CT molecular complexity index is 1170. The molecule has 0 aromatic heterocycles. The lowest BCUT2D eigenvalue weighted by Gasteiger charge is -2.44. The molecule has 0 aliphatic rings. The smallest absolute Gasteiger partial charge is 0.261 e. The average Bonchev–Trinajstić information content (AvgIpc) is 3.02. The van der Waals surface area contributed by atoms with Crippen LogP contribution in [-0.2, 0) is 25.0 Å². The summed E-state index contributed by atoms with van der Waals surface area (Å²) in [5.74, 6) is 0. The molecule has 3 aromatic carbocycles. The standard InChI is InChI=1S/C36H50O4Si2/c1-7-41(8-2,9-3)40-36(31-37,26-19-28-38-30-32-20-13-10-14-21-32)27-29-39-42(35(4,5)6,33-22-15-11-16-23-33)34-24-17-12-18-25-34/h10-26,31H,7-9,27-30H2,1-6H3/b26-19+/t36-/m1/s1. The highest BCUT2D eigenvalue weighted by Crippen LogP contribution is 2.37. The van der Waals surface area contributed by atoms with E-state index in [0.717, 1.165) is 30.0 Å². The first-order valence-electron chi connectivity index (χ1n) is 15.4. The number of hydrogen-bond acceptors (Lipinski definition) is 4. The van der Waals surface area contributed by atoms with Gasteiger partial charge in [0.25, 0.3) is 8.32 Å². The zero-order valence-corrected chi connectivity index (χ0v) is 28.5. The molecule has 0 fully saturated rings. The van der Waals surface area contributed by atoms with Gasteiger partial charge in [-0.15, -0.1) is 0 Å². The van der Waals surface area contributed by atoms with Gasteiger partial charge < -0.3 is 13.6 Å². The quantitative estimate of drug-likeness (QED) is 0.0688. The second-order valence-electron chi connectivity index (χ2n) is 12.1. The van der Waals surface area contributed by atoms with Gasteiger partial charge >= 0.3 is 0 Å². The second-order valence-corrected chi connectivity index (χ2v) is 21.1. The number of aldehydes is 1. The molecule has 0 saturated carbocycles. The van der Waals surface area contributed by atoms with Crippen LogP contribution in [0.1, 0.15) is 53.5 Å². The lowest BCUT2D eigenvalue weighted by Crippen LogP contribution is -2.66. The molecule has 1 atom stereocenters. The van der Waals surface area contributed by atoms with Crippen LogP contribution in [0.2, 0.25) is 23.2 Å². The largest absolute Gasteiger partial charge is 0.407 e. The summed E-state index contributed by atoms with van der Waals surface area (Å²) in [5.41, 5.74) is 0.0623. The molecular weight excluding hydrogens is 553 g/mol. The molecule has 6 heteroatoms. The molecule has 42 heavy (non-hydrogen) atoms. The Morgan fingerprint density at radius 1 is 0.738 bits per heavy atom. The molecule has 0 spiro atoms. The van der Waals surface area contributed by atoms with E-state index in [2.05, 4.69) is 114 Å². The van der Waals surface area contributed by atoms with Crippen molar-refractivity contribution < 1.29 is 18.4 Å². The topological polar surface area (TPSA) is 44.8 Å². The average molecular weight is 603 g/mol. The maximum atomic E-state index is 13.0. The molecule has 3 aromatic rings. The Hall–Kier alpha value is -2.62. The summed E-state index contributed by atoms with van der Waals surface area (Å²) in [5, 5.41) is 2.31. The van der Waals surface area contributed by atoms with Crippen molar-refractivity contribution in [1.82, 2.24) is 0 Å². The third-order valence-corrected chi connectivity index (χ3v) is 18.2. The predicted molar refractivity (Wildman–Crippen MR) is 181 cm³/mol. The molecule has 0 aliphatic carbocycles. The molecule has 0 radical (unpaired) electrons. The normalized spacial score (nSPS) is 14.1. The van der Waals surface area contributed by atoms with E-state index in [9.17, 15) is 4.79 Å². The van der Waals surface area contributed by atoms with Gasteiger partial charge in [0.1, 0.15) is 5.60 Å². The van der Waals surface area contributed by atoms with Gasteiger partial charge in [-0.05, 0) is 45.2 Å². The van der Waals surface area contributed by atoms with Crippen LogP contribution in [0, 0.1) is 0 Å². The van der Waals surface area contributed by atoms with Crippen LogP contribution in [-0.4, -0.2) is 41.7 Å². The number of hydrogen-bond donors (Lipinski definition) is 0. The first-order valence-corrected chi connectivity index (χ1v) is 19.8. The van der Waals surface area contributed by atoms with Crippen molar-refractivity contribution >= 4 is 33.3 Å². The molecule has 0 N–H and O–H groups in total. The minimum absolute atomic E-state index is 0.143. The fraction of sp³-hybridized carbons (Fsp3) is 0.417. The summed E-state index contributed by atoms with van der Waals surface area (Å²) < 4.78 is 20.1. The summed E-state index contributed by atoms with van der Waals surface area (Å²) >= 11 is 0. The zero-order chi connectivity index (χ0) is 30.5. The Morgan fingerprint density at radius 2 is 1.24 bits per heavy atom. The van der Waals surface area contributed by atoms with Crippen molar-refractivity contribution in [2.75, 3.05) is 13.2 Å². The van der Waals surface area contributed by atoms with Crippen LogP contribution in [0.3, 0.4) is 0 Å². The third-order valence-electron chi connectivity index (χ3n) is 8.49. The lowest BCUT2D eigenvalue weighted by molar-refractivity contribution is -0.119. The molecule has 0 bridgehead atoms. The van der Waals surface area contributed by atoms with Gasteiger partial charge in [0.05, 0.1) is 13.2 Å². The fourth-order valence-electron chi connectivity index (χ4n) is 5.85. The van der Waals surface area contributed by atoms with E-state index in [1.807, 2.05) is 30.4 Å². The third kappa shape index (κ3) is 8.26. The van der Waals surface area contributed by atoms with E-state index >= 15 is 0 Å². The van der Waals surface area contributed by atoms with E-state index in [0.29, 0.717) is 26.2 Å². The Kier molecular flexibility index (Phi) is 12.7. The molecule has 4 nitrogen and oxygen atoms in total. The van der Waals surface area contributed by atoms with E-state index in [-0.39, 0.29) is 5.04 Å². The van der Waals surface area contributed by atoms with Gasteiger partial charge in [-0.1, -0.05) is 139 Å². The van der Waals surface area contributed by atoms with Crippen LogP contribution >= 0.6 is 0 Å². The van der Waals surface area contributed by atoms with Gasteiger partial charge in [-0.3, -0.25) is 4.79 Å². The Balaban J connectivity index is 1.91. The Morgan fingerprint density at radius 3 is 1.69 bits per heavy atom. The molecule has 226 valence electrons. The molecule has 0 unspecified atom stereocenters. The van der Waals surface area contributed by atoms with Gasteiger partial charge in [0.2, 0.25) is 0 Å². The highest BCUT2D eigenvalue weighted by molar-refractivity contribution is 6.99. The van der Waals surface area contributed by atoms with Gasteiger partial charge in [0, 0.05) is 13.0 Å². The molecular formula is C36H50O4Si2. The van der Waals surface area contributed by atoms with Crippen molar-refractivity contribution in [1.29, 1.82) is 0 Å². The van der Waals surface area contributed by atoms with Crippen molar-refractivity contribution in [2.24, 2.45) is 0 Å². The first kappa shape index (κ1) is 33.9. The highest BCUT2D eigenvalue weighted by atomic mass is 28.4. The van der Waals surface area contributed by atoms with Crippen LogP contribution in [0.5, 0.6) is 0 Å². The van der Waals surface area contributed by atoms with Crippen molar-refractivity contribution in [3.8, 4) is 0 Å². The number of carbonyl (C=O) groups is 1. The summed E-state index contributed by atoms with van der Waals surface area (Å²) in [6, 6.07) is 34.3. The van der Waals surface area contributed by atoms with E-state index in [4.69, 9.17) is 13.6 Å².